The number of fused-ring (bicyclic) bond motifs is 6. The Labute approximate surface area is 680 Å². The van der Waals surface area contributed by atoms with Crippen molar-refractivity contribution >= 4 is 68.4 Å². The van der Waals surface area contributed by atoms with E-state index in [-0.39, 0.29) is 46.5 Å². The van der Waals surface area contributed by atoms with Gasteiger partial charge in [-0.15, -0.1) is 6.42 Å². The molecule has 0 spiro atoms. The van der Waals surface area contributed by atoms with Gasteiger partial charge in [-0.25, -0.2) is 86.2 Å². The van der Waals surface area contributed by atoms with E-state index >= 15 is 13.2 Å². The number of likely N-dealkylation sites (N-methyl/N-ethyl adjacent to an activating group) is 2. The number of anilines is 6. The van der Waals surface area contributed by atoms with Gasteiger partial charge in [0.05, 0.1) is 47.8 Å². The molecule has 7 aliphatic rings. The second-order valence-electron chi connectivity index (χ2n) is 32.8. The normalized spacial score (nSPS) is 18.2. The first kappa shape index (κ1) is 79.5. The van der Waals surface area contributed by atoms with Gasteiger partial charge < -0.3 is 44.6 Å². The minimum Gasteiger partial charge on any atom is -0.390 e. The molecule has 12 aromatic rings. The van der Waals surface area contributed by atoms with Crippen molar-refractivity contribution in [2.75, 3.05) is 103 Å². The zero-order valence-corrected chi connectivity index (χ0v) is 67.6. The molecular weight excluding hydrogens is 1510 g/mol. The Bertz CT molecular complexity index is 5840. The molecule has 2 saturated heterocycles. The summed E-state index contributed by atoms with van der Waals surface area (Å²) in [5.41, 5.74) is 10.5. The van der Waals surface area contributed by atoms with Crippen LogP contribution in [0.5, 0.6) is 0 Å². The second-order valence-corrected chi connectivity index (χ2v) is 32.8. The molecule has 9 aromatic heterocycles. The summed E-state index contributed by atoms with van der Waals surface area (Å²) in [6.07, 6.45) is 18.7. The zero-order valence-electron chi connectivity index (χ0n) is 67.6. The Morgan fingerprint density at radius 3 is 1.41 bits per heavy atom. The minimum absolute atomic E-state index is 0.0107. The summed E-state index contributed by atoms with van der Waals surface area (Å²) in [5.74, 6) is 3.90. The number of rotatable bonds is 20. The largest absolute Gasteiger partial charge is 0.390 e. The number of aromatic nitrogens is 15. The number of nitrogens with zero attached hydrogens (tertiary/aromatic N) is 21. The molecule has 14 heterocycles. The molecule has 0 radical (unpaired) electrons. The zero-order chi connectivity index (χ0) is 81.9. The Kier molecular flexibility index (Phi) is 22.5. The standard InChI is InChI=1S/C30H32F2N8.C29H32F2N8.C28H32F2N8O/c1-5-10-38-11-8-22(17-38)39-12-9-25-20(16-39)6-7-27(35-25)36-30-33-15-24(32)28(37-30)21-13-23(31)29-26(14-21)40(18(2)3)19(4)34-29;1-17-33-28-22(30)12-19(13-25(28)39(17)20-6-7-20)27-23(31)14-32-29(36-27)35-26-8-5-18-15-38(11-9-24(18)34-26)16-21-4-3-10-37(21)2;1-16-32-27-21(29)10-18(11-24(27)38(16)19-5-6-19)26-22(30)12-31-28(35-26)34-25-7-4-17-13-37(9-8-23(17)33-25)15-20(39)14-36(2)3/h1,6-7,13-15,18,22H,8-12,16-17H2,2-4H3,(H,33,35,36,37);5,8,12-14,20-21H,3-4,6-7,9-11,15-16H2,1-2H3,(H,32,34,35,36);4,7,10-12,19-20,39H,5-6,8-9,13-15H2,1-3H3,(H,31,33,34,35)/t;21-;20-/m.10/s1. The van der Waals surface area contributed by atoms with Gasteiger partial charge >= 0.3 is 0 Å². The van der Waals surface area contributed by atoms with Crippen molar-refractivity contribution in [3.8, 4) is 46.1 Å². The molecule has 0 bridgehead atoms. The number of β-amino-alcohol motifs (C(OH)–C–C–N with tert-alkyl or cyclic N) is 1. The predicted octanol–water partition coefficient (Wildman–Crippen LogP) is 13.7. The van der Waals surface area contributed by atoms with Crippen LogP contribution in [0.25, 0.3) is 66.9 Å². The van der Waals surface area contributed by atoms with Crippen LogP contribution in [0.15, 0.2) is 91.4 Å². The maximum absolute atomic E-state index is 15.0. The summed E-state index contributed by atoms with van der Waals surface area (Å²) < 4.78 is 95.8. The third-order valence-corrected chi connectivity index (χ3v) is 23.5. The van der Waals surface area contributed by atoms with Gasteiger partial charge in [0.25, 0.3) is 0 Å². The number of aliphatic hydroxyl groups is 1. The Morgan fingerprint density at radius 2 is 0.949 bits per heavy atom. The highest BCUT2D eigenvalue weighted by Gasteiger charge is 2.34. The molecule has 31 heteroatoms. The van der Waals surface area contributed by atoms with Gasteiger partial charge in [-0.05, 0) is 179 Å². The van der Waals surface area contributed by atoms with Crippen molar-refractivity contribution in [3.63, 3.8) is 0 Å². The second kappa shape index (κ2) is 33.4. The molecule has 0 amide bonds. The van der Waals surface area contributed by atoms with E-state index in [0.29, 0.717) is 111 Å². The molecule has 118 heavy (non-hydrogen) atoms. The van der Waals surface area contributed by atoms with Crippen molar-refractivity contribution in [2.45, 2.75) is 155 Å². The van der Waals surface area contributed by atoms with E-state index in [1.54, 1.807) is 18.2 Å². The number of benzene rings is 3. The van der Waals surface area contributed by atoms with Crippen LogP contribution in [-0.2, 0) is 38.9 Å². The van der Waals surface area contributed by atoms with Gasteiger partial charge in [0, 0.05) is 155 Å². The molecule has 25 nitrogen and oxygen atoms in total. The monoisotopic (exact) mass is 1610 g/mol. The summed E-state index contributed by atoms with van der Waals surface area (Å²) in [7, 11) is 6.11. The number of hydrogen-bond acceptors (Lipinski definition) is 22. The minimum atomic E-state index is -0.636. The summed E-state index contributed by atoms with van der Waals surface area (Å²) in [6, 6.07) is 22.8. The fourth-order valence-corrected chi connectivity index (χ4v) is 17.6. The summed E-state index contributed by atoms with van der Waals surface area (Å²) in [6.45, 7) is 21.0. The molecule has 1 unspecified atom stereocenters. The summed E-state index contributed by atoms with van der Waals surface area (Å²) in [4.78, 5) is 67.1. The van der Waals surface area contributed by atoms with Crippen LogP contribution in [-0.4, -0.2) is 213 Å². The number of pyridine rings is 3. The lowest BCUT2D eigenvalue weighted by atomic mass is 10.0. The Balaban J connectivity index is 0.000000127. The van der Waals surface area contributed by atoms with E-state index in [1.807, 2.05) is 91.6 Å². The first-order chi connectivity index (χ1) is 57.0. The maximum atomic E-state index is 15.0. The lowest BCUT2D eigenvalue weighted by molar-refractivity contribution is 0.0828. The number of imidazole rings is 3. The highest BCUT2D eigenvalue weighted by molar-refractivity contribution is 5.86. The third kappa shape index (κ3) is 17.1. The fraction of sp³-hybridized carbons (Fsp3) is 0.425. The van der Waals surface area contributed by atoms with E-state index in [0.717, 1.165) is 163 Å². The molecule has 3 atom stereocenters. The van der Waals surface area contributed by atoms with Crippen LogP contribution >= 0.6 is 0 Å². The van der Waals surface area contributed by atoms with Crippen molar-refractivity contribution in [1.29, 1.82) is 0 Å². The average molecular weight is 1610 g/mol. The number of aliphatic hydroxyl groups excluding tert-OH is 1. The predicted molar refractivity (Wildman–Crippen MR) is 442 cm³/mol. The van der Waals surface area contributed by atoms with Crippen LogP contribution < -0.4 is 16.0 Å². The smallest absolute Gasteiger partial charge is 0.229 e. The fourth-order valence-electron chi connectivity index (χ4n) is 17.6. The lowest BCUT2D eigenvalue weighted by Gasteiger charge is -2.33. The number of hydrogen-bond donors (Lipinski definition) is 4. The molecular formula is C87H96F6N24O. The maximum Gasteiger partial charge on any atom is 0.229 e. The highest BCUT2D eigenvalue weighted by atomic mass is 19.1. The molecule has 612 valence electrons. The quantitative estimate of drug-likeness (QED) is 0.0409. The highest BCUT2D eigenvalue weighted by Crippen LogP contribution is 2.43. The topological polar surface area (TPSA) is 245 Å². The number of nitrogens with one attached hydrogen (secondary N) is 3. The van der Waals surface area contributed by atoms with Crippen LogP contribution in [0, 0.1) is 68.0 Å². The van der Waals surface area contributed by atoms with E-state index in [9.17, 15) is 18.3 Å². The van der Waals surface area contributed by atoms with Gasteiger partial charge in [0.15, 0.2) is 34.9 Å². The molecule has 19 rings (SSSR count). The van der Waals surface area contributed by atoms with E-state index in [1.165, 1.54) is 48.7 Å². The first-order valence-electron chi connectivity index (χ1n) is 40.8. The molecule has 2 aliphatic carbocycles. The van der Waals surface area contributed by atoms with Crippen LogP contribution in [0.3, 0.4) is 0 Å². The molecule has 2 saturated carbocycles. The van der Waals surface area contributed by atoms with Crippen molar-refractivity contribution < 1.29 is 31.4 Å². The molecule has 4 N–H and O–H groups in total. The van der Waals surface area contributed by atoms with E-state index < -0.39 is 41.0 Å². The van der Waals surface area contributed by atoms with Gasteiger partial charge in [-0.1, -0.05) is 24.1 Å². The van der Waals surface area contributed by atoms with E-state index in [2.05, 4.69) is 110 Å². The van der Waals surface area contributed by atoms with E-state index in [4.69, 9.17) is 21.4 Å². The molecule has 5 aliphatic heterocycles. The number of aryl methyl sites for hydroxylation is 3. The van der Waals surface area contributed by atoms with Gasteiger partial charge in [-0.3, -0.25) is 19.6 Å². The van der Waals surface area contributed by atoms with Crippen molar-refractivity contribution in [1.82, 2.24) is 103 Å². The van der Waals surface area contributed by atoms with Gasteiger partial charge in [0.2, 0.25) is 17.8 Å². The number of likely N-dealkylation sites (tertiary alicyclic amines) is 2. The molecule has 3 aromatic carbocycles. The number of terminal acetylenes is 1. The Morgan fingerprint density at radius 1 is 0.500 bits per heavy atom. The molecule has 4 fully saturated rings. The first-order valence-corrected chi connectivity index (χ1v) is 40.8. The lowest BCUT2D eigenvalue weighted by Crippen LogP contribution is -2.41. The third-order valence-electron chi connectivity index (χ3n) is 23.5. The SMILES string of the molecule is C#CCN1CCC(N2CCc3nc(Nc4ncc(F)c(-c5cc(F)c6nc(C)n(C(C)C)c6c5)n4)ccc3C2)C1.Cc1nc2c(F)cc(-c3nc(Nc4ccc5c(n4)CCN(C[C@@H](O)CN(C)C)C5)ncc3F)cc2n1C1CC1.Cc1nc2c(F)cc(-c3nc(Nc4ccc5c(n4)CCN(C[C@H]4CCCN4C)C5)ncc3F)cc2n1C1CC1. The van der Waals surface area contributed by atoms with Crippen LogP contribution in [0.1, 0.15) is 128 Å². The summed E-state index contributed by atoms with van der Waals surface area (Å²) >= 11 is 0. The van der Waals surface area contributed by atoms with Crippen LogP contribution in [0.4, 0.5) is 61.6 Å². The average Bonchev–Trinajstić information content (AvgIpc) is 1.63. The van der Waals surface area contributed by atoms with Gasteiger partial charge in [-0.2, -0.15) is 0 Å². The van der Waals surface area contributed by atoms with Crippen molar-refractivity contribution in [3.05, 3.63) is 178 Å². The number of halogens is 6. The Hall–Kier alpha value is -11.0. The van der Waals surface area contributed by atoms with Crippen molar-refractivity contribution in [2.24, 2.45) is 0 Å². The van der Waals surface area contributed by atoms with Crippen LogP contribution in [0.2, 0.25) is 0 Å². The van der Waals surface area contributed by atoms with Gasteiger partial charge in [0.1, 0.15) is 68.6 Å². The summed E-state index contributed by atoms with van der Waals surface area (Å²) in [5, 5.41) is 19.6.